The highest BCUT2D eigenvalue weighted by Gasteiger charge is 2.57. The molecule has 6 atom stereocenters. The zero-order valence-corrected chi connectivity index (χ0v) is 25.1. The fraction of sp³-hybridized carbons (Fsp3) is 0.414. The molecule has 4 rings (SSSR count). The van der Waals surface area contributed by atoms with Crippen molar-refractivity contribution in [1.82, 2.24) is 14.6 Å². The van der Waals surface area contributed by atoms with Crippen LogP contribution in [0.4, 0.5) is 4.39 Å². The van der Waals surface area contributed by atoms with E-state index in [-0.39, 0.29) is 12.4 Å². The molecular weight excluding hydrogens is 584 g/mol. The van der Waals surface area contributed by atoms with E-state index in [1.807, 2.05) is 6.07 Å². The molecule has 2 heterocycles. The van der Waals surface area contributed by atoms with Crippen LogP contribution in [0.25, 0.3) is 0 Å². The molecule has 0 spiro atoms. The van der Waals surface area contributed by atoms with E-state index in [4.69, 9.17) is 23.3 Å². The molecule has 0 unspecified atom stereocenters. The van der Waals surface area contributed by atoms with Gasteiger partial charge in [-0.25, -0.2) is 13.8 Å². The summed E-state index contributed by atoms with van der Waals surface area (Å²) in [6.45, 7) is 5.44. The van der Waals surface area contributed by atoms with Gasteiger partial charge in [-0.1, -0.05) is 48.5 Å². The highest BCUT2D eigenvalue weighted by atomic mass is 31.2. The first-order chi connectivity index (χ1) is 20.4. The van der Waals surface area contributed by atoms with Gasteiger partial charge in [0.1, 0.15) is 24.0 Å². The summed E-state index contributed by atoms with van der Waals surface area (Å²) in [4.78, 5) is 38.8. The van der Waals surface area contributed by atoms with E-state index in [1.165, 1.54) is 13.8 Å². The quantitative estimate of drug-likeness (QED) is 0.213. The van der Waals surface area contributed by atoms with Crippen molar-refractivity contribution in [2.45, 2.75) is 70.6 Å². The van der Waals surface area contributed by atoms with Crippen molar-refractivity contribution in [1.29, 1.82) is 0 Å². The number of benzene rings is 2. The Morgan fingerprint density at radius 2 is 1.74 bits per heavy atom. The van der Waals surface area contributed by atoms with Crippen LogP contribution in [0.1, 0.15) is 39.5 Å². The molecule has 0 amide bonds. The first-order valence-corrected chi connectivity index (χ1v) is 15.2. The topological polar surface area (TPSA) is 147 Å². The van der Waals surface area contributed by atoms with Crippen LogP contribution >= 0.6 is 7.75 Å². The number of esters is 1. The number of aromatic nitrogens is 2. The van der Waals surface area contributed by atoms with Crippen LogP contribution in [-0.4, -0.2) is 52.1 Å². The summed E-state index contributed by atoms with van der Waals surface area (Å²) in [5, 5.41) is 2.57. The summed E-state index contributed by atoms with van der Waals surface area (Å²) in [6, 6.07) is 17.1. The van der Waals surface area contributed by atoms with Crippen molar-refractivity contribution in [2.75, 3.05) is 6.61 Å². The van der Waals surface area contributed by atoms with E-state index in [9.17, 15) is 18.9 Å². The van der Waals surface area contributed by atoms with E-state index in [0.29, 0.717) is 0 Å². The molecule has 0 aliphatic carbocycles. The Morgan fingerprint density at radius 1 is 1.09 bits per heavy atom. The zero-order chi connectivity index (χ0) is 31.2. The number of hydrogen-bond acceptors (Lipinski definition) is 9. The number of carbonyl (C=O) groups is 1. The van der Waals surface area contributed by atoms with E-state index >= 15 is 4.39 Å². The van der Waals surface area contributed by atoms with Crippen molar-refractivity contribution in [3.05, 3.63) is 99.3 Å². The lowest BCUT2D eigenvalue weighted by atomic mass is 9.98. The van der Waals surface area contributed by atoms with Crippen molar-refractivity contribution < 1.29 is 37.0 Å². The Morgan fingerprint density at radius 3 is 2.37 bits per heavy atom. The van der Waals surface area contributed by atoms with Gasteiger partial charge in [-0.3, -0.25) is 23.7 Å². The van der Waals surface area contributed by atoms with E-state index in [2.05, 4.69) is 10.1 Å². The Labute approximate surface area is 247 Å². The second-order valence-corrected chi connectivity index (χ2v) is 12.1. The molecule has 232 valence electrons. The zero-order valence-electron chi connectivity index (χ0n) is 24.2. The fourth-order valence-corrected chi connectivity index (χ4v) is 5.99. The average molecular weight is 620 g/mol. The van der Waals surface area contributed by atoms with E-state index < -0.39 is 67.8 Å². The lowest BCUT2D eigenvalue weighted by molar-refractivity contribution is -0.149. The third-order valence-electron chi connectivity index (χ3n) is 6.49. The Kier molecular flexibility index (Phi) is 10.4. The summed E-state index contributed by atoms with van der Waals surface area (Å²) in [5.41, 5.74) is -3.12. The number of ether oxygens (including phenoxy) is 3. The Bertz CT molecular complexity index is 1530. The maximum atomic E-state index is 16.5. The minimum atomic E-state index is -4.33. The van der Waals surface area contributed by atoms with Crippen molar-refractivity contribution in [2.24, 2.45) is 0 Å². The molecule has 12 nitrogen and oxygen atoms in total. The third kappa shape index (κ3) is 8.27. The standard InChI is InChI=1S/C29H35FN3O9P/c1-19(2)40-26(35)20(3)32-43(37,42-22-13-9-6-10-14-22)39-18-23-25(38-17-21-11-7-5-8-12-21)29(4,30)27(41-23)33-16-15-24(34)31-28(33)36/h5-16,19-20,23,25,27H,17-18H2,1-4H3,(H,32,37)(H,31,34,36)/t20-,23+,25+,27+,29+,43-/m0/s1. The molecule has 0 saturated carbocycles. The highest BCUT2D eigenvalue weighted by molar-refractivity contribution is 7.52. The molecule has 2 aromatic carbocycles. The average Bonchev–Trinajstić information content (AvgIpc) is 3.20. The largest absolute Gasteiger partial charge is 0.462 e. The molecule has 0 bridgehead atoms. The maximum Gasteiger partial charge on any atom is 0.459 e. The van der Waals surface area contributed by atoms with Crippen LogP contribution in [0, 0.1) is 0 Å². The number of rotatable bonds is 13. The Balaban J connectivity index is 1.61. The normalized spacial score (nSPS) is 23.9. The maximum absolute atomic E-state index is 16.5. The number of hydrogen-bond donors (Lipinski definition) is 2. The van der Waals surface area contributed by atoms with Crippen molar-refractivity contribution in [3.8, 4) is 5.75 Å². The number of halogens is 1. The van der Waals surface area contributed by atoms with Gasteiger partial charge < -0.3 is 18.7 Å². The molecule has 1 saturated heterocycles. The number of H-pyrrole nitrogens is 1. The Hall–Kier alpha value is -3.61. The predicted octanol–water partition coefficient (Wildman–Crippen LogP) is 3.88. The molecular formula is C29H35FN3O9P. The van der Waals surface area contributed by atoms with Gasteiger partial charge >= 0.3 is 19.4 Å². The number of aromatic amines is 1. The minimum Gasteiger partial charge on any atom is -0.462 e. The second-order valence-electron chi connectivity index (χ2n) is 10.4. The van der Waals surface area contributed by atoms with Crippen LogP contribution in [0.5, 0.6) is 5.75 Å². The smallest absolute Gasteiger partial charge is 0.459 e. The SMILES string of the molecule is CC(C)OC(=O)[C@H](C)N[P@](=O)(OC[C@H]1O[C@@H](n2ccc(=O)[nH]c2=O)[C@](C)(F)[C@@H]1OCc1ccccc1)Oc1ccccc1. The van der Waals surface area contributed by atoms with Crippen LogP contribution in [0.3, 0.4) is 0 Å². The number of para-hydroxylation sites is 1. The lowest BCUT2D eigenvalue weighted by Gasteiger charge is -2.28. The molecule has 1 aliphatic heterocycles. The molecule has 43 heavy (non-hydrogen) atoms. The molecule has 3 aromatic rings. The number of carbonyl (C=O) groups excluding carboxylic acids is 1. The van der Waals surface area contributed by atoms with Gasteiger partial charge in [-0.05, 0) is 45.4 Å². The summed E-state index contributed by atoms with van der Waals surface area (Å²) in [5.74, 6) is -0.509. The van der Waals surface area contributed by atoms with Gasteiger partial charge in [0.25, 0.3) is 5.56 Å². The summed E-state index contributed by atoms with van der Waals surface area (Å²) < 4.78 is 60.0. The summed E-state index contributed by atoms with van der Waals surface area (Å²) in [7, 11) is -4.33. The summed E-state index contributed by atoms with van der Waals surface area (Å²) >= 11 is 0. The van der Waals surface area contributed by atoms with Crippen LogP contribution < -0.4 is 20.9 Å². The fourth-order valence-electron chi connectivity index (χ4n) is 4.49. The van der Waals surface area contributed by atoms with E-state index in [0.717, 1.165) is 22.4 Å². The van der Waals surface area contributed by atoms with Crippen molar-refractivity contribution >= 4 is 13.7 Å². The lowest BCUT2D eigenvalue weighted by Crippen LogP contribution is -2.45. The predicted molar refractivity (Wildman–Crippen MR) is 154 cm³/mol. The van der Waals surface area contributed by atoms with Crippen LogP contribution in [0.15, 0.2) is 82.5 Å². The first-order valence-electron chi connectivity index (χ1n) is 13.7. The van der Waals surface area contributed by atoms with Gasteiger partial charge in [-0.2, -0.15) is 5.09 Å². The molecule has 1 aromatic heterocycles. The van der Waals surface area contributed by atoms with Crippen molar-refractivity contribution in [3.63, 3.8) is 0 Å². The van der Waals surface area contributed by atoms with Gasteiger partial charge in [0.15, 0.2) is 11.9 Å². The molecule has 1 fully saturated rings. The first kappa shape index (κ1) is 32.3. The van der Waals surface area contributed by atoms with Gasteiger partial charge in [0, 0.05) is 12.3 Å². The van der Waals surface area contributed by atoms with Gasteiger partial charge in [-0.15, -0.1) is 0 Å². The molecule has 2 N–H and O–H groups in total. The van der Waals surface area contributed by atoms with Gasteiger partial charge in [0.2, 0.25) is 0 Å². The van der Waals surface area contributed by atoms with E-state index in [1.54, 1.807) is 68.4 Å². The highest BCUT2D eigenvalue weighted by Crippen LogP contribution is 2.48. The third-order valence-corrected chi connectivity index (χ3v) is 8.14. The number of alkyl halides is 1. The number of nitrogens with one attached hydrogen (secondary N) is 2. The van der Waals surface area contributed by atoms with Crippen LogP contribution in [0.2, 0.25) is 0 Å². The molecule has 1 aliphatic rings. The molecule has 14 heteroatoms. The summed E-state index contributed by atoms with van der Waals surface area (Å²) in [6.07, 6.45) is -3.38. The minimum absolute atomic E-state index is 0.00732. The monoisotopic (exact) mass is 619 g/mol. The van der Waals surface area contributed by atoms with Crippen LogP contribution in [-0.2, 0) is 34.7 Å². The van der Waals surface area contributed by atoms with Gasteiger partial charge in [0.05, 0.1) is 19.3 Å². The second kappa shape index (κ2) is 13.8. The number of nitrogens with zero attached hydrogens (tertiary/aromatic N) is 1. The molecule has 0 radical (unpaired) electrons.